The van der Waals surface area contributed by atoms with Gasteiger partial charge in [-0.15, -0.1) is 11.8 Å². The van der Waals surface area contributed by atoms with E-state index < -0.39 is 12.0 Å². The monoisotopic (exact) mass is 634 g/mol. The zero-order valence-electron chi connectivity index (χ0n) is 22.2. The third-order valence-electron chi connectivity index (χ3n) is 6.44. The minimum atomic E-state index is -0.648. The molecule has 1 aromatic heterocycles. The summed E-state index contributed by atoms with van der Waals surface area (Å²) >= 11 is 6.47. The molecule has 0 radical (unpaired) electrons. The van der Waals surface area contributed by atoms with E-state index in [2.05, 4.69) is 20.9 Å². The molecule has 1 aliphatic rings. The average Bonchev–Trinajstić information content (AvgIpc) is 3.26. The molecule has 204 valence electrons. The maximum absolute atomic E-state index is 14.0. The first-order valence-electron chi connectivity index (χ1n) is 12.7. The molecule has 0 spiro atoms. The van der Waals surface area contributed by atoms with Crippen molar-refractivity contribution >= 4 is 51.1 Å². The van der Waals surface area contributed by atoms with Crippen molar-refractivity contribution in [2.24, 2.45) is 4.99 Å². The fourth-order valence-corrected chi connectivity index (χ4v) is 6.36. The summed E-state index contributed by atoms with van der Waals surface area (Å²) in [5.74, 6) is 0.186. The largest absolute Gasteiger partial charge is 0.488 e. The van der Waals surface area contributed by atoms with E-state index in [1.807, 2.05) is 85.1 Å². The van der Waals surface area contributed by atoms with Crippen LogP contribution in [-0.4, -0.2) is 23.4 Å². The van der Waals surface area contributed by atoms with Crippen molar-refractivity contribution in [2.45, 2.75) is 31.4 Å². The number of carbonyl (C=O) groups excluding carboxylic acids is 1. The molecule has 40 heavy (non-hydrogen) atoms. The zero-order valence-corrected chi connectivity index (χ0v) is 25.4. The summed E-state index contributed by atoms with van der Waals surface area (Å²) in [6, 6.07) is 22.9. The fraction of sp³-hybridized carbons (Fsp3) is 0.194. The minimum absolute atomic E-state index is 0.229. The standard InChI is InChI=1S/C31H27BrN2O4S2/c1-4-37-30(36)27-19(2)33-31-34(28(27)21-10-13-24(39-3)14-11-21)29(35)26(40-31)17-22-16-23(32)12-15-25(22)38-18-20-8-6-5-7-9-20/h5-17,28H,4,18H2,1-3H3/b26-17-/t28-/m1/s1. The summed E-state index contributed by atoms with van der Waals surface area (Å²) in [7, 11) is 0. The maximum Gasteiger partial charge on any atom is 0.338 e. The minimum Gasteiger partial charge on any atom is -0.488 e. The molecule has 0 unspecified atom stereocenters. The van der Waals surface area contributed by atoms with Crippen LogP contribution in [-0.2, 0) is 16.1 Å². The highest BCUT2D eigenvalue weighted by molar-refractivity contribution is 9.10. The van der Waals surface area contributed by atoms with Gasteiger partial charge >= 0.3 is 5.97 Å². The third-order valence-corrected chi connectivity index (χ3v) is 8.66. The van der Waals surface area contributed by atoms with Crippen molar-refractivity contribution in [3.63, 3.8) is 0 Å². The van der Waals surface area contributed by atoms with Crippen molar-refractivity contribution in [1.82, 2.24) is 4.57 Å². The van der Waals surface area contributed by atoms with Crippen LogP contribution in [0, 0.1) is 0 Å². The van der Waals surface area contributed by atoms with Gasteiger partial charge in [0.15, 0.2) is 4.80 Å². The van der Waals surface area contributed by atoms with Gasteiger partial charge in [-0.05, 0) is 67.6 Å². The molecular formula is C31H27BrN2O4S2. The molecule has 0 saturated heterocycles. The molecular weight excluding hydrogens is 608 g/mol. The fourth-order valence-electron chi connectivity index (χ4n) is 4.53. The number of benzene rings is 3. The van der Waals surface area contributed by atoms with Gasteiger partial charge in [0.2, 0.25) is 0 Å². The lowest BCUT2D eigenvalue weighted by Crippen LogP contribution is -2.39. The molecule has 0 N–H and O–H groups in total. The van der Waals surface area contributed by atoms with Gasteiger partial charge in [0.1, 0.15) is 12.4 Å². The van der Waals surface area contributed by atoms with E-state index in [1.54, 1.807) is 30.2 Å². The number of rotatable bonds is 8. The Morgan fingerprint density at radius 2 is 1.88 bits per heavy atom. The number of allylic oxidation sites excluding steroid dienone is 1. The second-order valence-electron chi connectivity index (χ2n) is 9.03. The molecule has 0 aliphatic carbocycles. The number of carbonyl (C=O) groups is 1. The number of hydrogen-bond acceptors (Lipinski definition) is 7. The predicted octanol–water partition coefficient (Wildman–Crippen LogP) is 5.86. The molecule has 5 rings (SSSR count). The number of halogens is 1. The summed E-state index contributed by atoms with van der Waals surface area (Å²) in [6.07, 6.45) is 3.83. The lowest BCUT2D eigenvalue weighted by molar-refractivity contribution is -0.139. The van der Waals surface area contributed by atoms with Crippen LogP contribution in [0.15, 0.2) is 103 Å². The Labute approximate surface area is 248 Å². The highest BCUT2D eigenvalue weighted by Crippen LogP contribution is 2.32. The van der Waals surface area contributed by atoms with E-state index >= 15 is 0 Å². The highest BCUT2D eigenvalue weighted by atomic mass is 79.9. The van der Waals surface area contributed by atoms with E-state index in [9.17, 15) is 9.59 Å². The summed E-state index contributed by atoms with van der Waals surface area (Å²) in [5.41, 5.74) is 3.30. The number of thioether (sulfide) groups is 1. The molecule has 0 amide bonds. The van der Waals surface area contributed by atoms with Crippen molar-refractivity contribution in [1.29, 1.82) is 0 Å². The first-order valence-corrected chi connectivity index (χ1v) is 15.5. The van der Waals surface area contributed by atoms with Crippen LogP contribution in [0.3, 0.4) is 0 Å². The SMILES string of the molecule is CCOC(=O)C1=C(C)N=c2s/c(=C\c3cc(Br)ccc3OCc3ccccc3)c(=O)n2[C@@H]1c1ccc(SC)cc1. The Kier molecular flexibility index (Phi) is 8.73. The van der Waals surface area contributed by atoms with Crippen LogP contribution in [0.1, 0.15) is 36.6 Å². The van der Waals surface area contributed by atoms with E-state index in [0.29, 0.717) is 33.0 Å². The summed E-state index contributed by atoms with van der Waals surface area (Å²) in [5, 5.41) is 0. The van der Waals surface area contributed by atoms with E-state index in [-0.39, 0.29) is 12.2 Å². The number of nitrogens with zero attached hydrogens (tertiary/aromatic N) is 2. The molecule has 2 heterocycles. The van der Waals surface area contributed by atoms with Gasteiger partial charge in [-0.25, -0.2) is 9.79 Å². The molecule has 3 aromatic carbocycles. The van der Waals surface area contributed by atoms with E-state index in [1.165, 1.54) is 11.3 Å². The summed E-state index contributed by atoms with van der Waals surface area (Å²) in [4.78, 5) is 33.4. The van der Waals surface area contributed by atoms with Gasteiger partial charge in [-0.3, -0.25) is 9.36 Å². The number of aromatic nitrogens is 1. The van der Waals surface area contributed by atoms with Crippen molar-refractivity contribution in [2.75, 3.05) is 12.9 Å². The lowest BCUT2D eigenvalue weighted by Gasteiger charge is -2.24. The van der Waals surface area contributed by atoms with Crippen LogP contribution in [0.25, 0.3) is 6.08 Å². The van der Waals surface area contributed by atoms with Crippen molar-refractivity contribution < 1.29 is 14.3 Å². The van der Waals surface area contributed by atoms with Crippen LogP contribution in [0.5, 0.6) is 5.75 Å². The molecule has 0 fully saturated rings. The average molecular weight is 636 g/mol. The van der Waals surface area contributed by atoms with Crippen molar-refractivity contribution in [3.05, 3.63) is 125 Å². The Hall–Kier alpha value is -3.40. The molecule has 1 atom stereocenters. The maximum atomic E-state index is 14.0. The second-order valence-corrected chi connectivity index (χ2v) is 11.8. The van der Waals surface area contributed by atoms with Crippen LogP contribution in [0.2, 0.25) is 0 Å². The van der Waals surface area contributed by atoms with Gasteiger partial charge in [-0.1, -0.05) is 69.7 Å². The topological polar surface area (TPSA) is 69.9 Å². The molecule has 4 aromatic rings. The van der Waals surface area contributed by atoms with Crippen LogP contribution < -0.4 is 19.6 Å². The van der Waals surface area contributed by atoms with Gasteiger partial charge in [0.25, 0.3) is 5.56 Å². The quantitative estimate of drug-likeness (QED) is 0.179. The van der Waals surface area contributed by atoms with Gasteiger partial charge in [0.05, 0.1) is 28.5 Å². The van der Waals surface area contributed by atoms with Crippen molar-refractivity contribution in [3.8, 4) is 5.75 Å². The predicted molar refractivity (Wildman–Crippen MR) is 164 cm³/mol. The molecule has 0 saturated carbocycles. The molecule has 9 heteroatoms. The molecule has 6 nitrogen and oxygen atoms in total. The Morgan fingerprint density at radius 1 is 1.12 bits per heavy atom. The Morgan fingerprint density at radius 3 is 2.58 bits per heavy atom. The van der Waals surface area contributed by atoms with Crippen LogP contribution in [0.4, 0.5) is 0 Å². The molecule has 1 aliphatic heterocycles. The van der Waals surface area contributed by atoms with E-state index in [4.69, 9.17) is 9.47 Å². The Bertz CT molecular complexity index is 1760. The number of thiazole rings is 1. The highest BCUT2D eigenvalue weighted by Gasteiger charge is 2.33. The Balaban J connectivity index is 1.63. The number of hydrogen-bond donors (Lipinski definition) is 0. The van der Waals surface area contributed by atoms with Gasteiger partial charge in [-0.2, -0.15) is 0 Å². The number of ether oxygens (including phenoxy) is 2. The first-order chi connectivity index (χ1) is 19.4. The smallest absolute Gasteiger partial charge is 0.338 e. The van der Waals surface area contributed by atoms with E-state index in [0.717, 1.165) is 26.1 Å². The van der Waals surface area contributed by atoms with Gasteiger partial charge < -0.3 is 9.47 Å². The second kappa shape index (κ2) is 12.4. The van der Waals surface area contributed by atoms with Gasteiger partial charge in [0, 0.05) is 14.9 Å². The summed E-state index contributed by atoms with van der Waals surface area (Å²) in [6.45, 7) is 4.18. The lowest BCUT2D eigenvalue weighted by atomic mass is 9.96. The zero-order chi connectivity index (χ0) is 28.2. The normalized spacial score (nSPS) is 15.0. The van der Waals surface area contributed by atoms with Crippen LogP contribution >= 0.6 is 39.0 Å². The summed E-state index contributed by atoms with van der Waals surface area (Å²) < 4.78 is 14.5. The number of fused-ring (bicyclic) bond motifs is 1. The first kappa shape index (κ1) is 28.1. The molecule has 0 bridgehead atoms. The third kappa shape index (κ3) is 5.87. The number of esters is 1.